The fourth-order valence-electron chi connectivity index (χ4n) is 3.18. The molecule has 23 heavy (non-hydrogen) atoms. The van der Waals surface area contributed by atoms with Crippen molar-refractivity contribution in [3.63, 3.8) is 0 Å². The van der Waals surface area contributed by atoms with Crippen LogP contribution in [0.1, 0.15) is 36.3 Å². The van der Waals surface area contributed by atoms with Crippen molar-refractivity contribution in [3.8, 4) is 0 Å². The standard InChI is InChI=1S/C16H15N5O2/c17-16-19-14-10(6-8-13(15(22)23)21(14)20-16)12-7-5-9-3-1-2-4-11(9)18-12/h1-5,7,10,13H,6,8H2,(H2,17,20)(H,22,23). The molecule has 0 saturated carbocycles. The summed E-state index contributed by atoms with van der Waals surface area (Å²) in [6, 6.07) is 11.1. The zero-order valence-corrected chi connectivity index (χ0v) is 12.3. The number of anilines is 1. The number of pyridine rings is 1. The minimum atomic E-state index is -0.916. The molecule has 0 spiro atoms. The Hall–Kier alpha value is -2.96. The van der Waals surface area contributed by atoms with Crippen molar-refractivity contribution in [2.45, 2.75) is 24.8 Å². The highest BCUT2D eigenvalue weighted by Gasteiger charge is 2.35. The van der Waals surface area contributed by atoms with Crippen LogP contribution in [-0.4, -0.2) is 30.8 Å². The summed E-state index contributed by atoms with van der Waals surface area (Å²) in [5, 5.41) is 14.5. The fraction of sp³-hybridized carbons (Fsp3) is 0.250. The highest BCUT2D eigenvalue weighted by Crippen LogP contribution is 2.36. The number of hydrogen-bond donors (Lipinski definition) is 2. The van der Waals surface area contributed by atoms with Gasteiger partial charge in [0.25, 0.3) is 0 Å². The number of hydrogen-bond acceptors (Lipinski definition) is 5. The van der Waals surface area contributed by atoms with Gasteiger partial charge in [0.05, 0.1) is 17.1 Å². The zero-order valence-electron chi connectivity index (χ0n) is 12.3. The average molecular weight is 309 g/mol. The first kappa shape index (κ1) is 13.7. The lowest BCUT2D eigenvalue weighted by Crippen LogP contribution is -2.29. The monoisotopic (exact) mass is 309 g/mol. The molecule has 3 heterocycles. The van der Waals surface area contributed by atoms with Gasteiger partial charge < -0.3 is 10.8 Å². The zero-order chi connectivity index (χ0) is 16.0. The Morgan fingerprint density at radius 3 is 2.83 bits per heavy atom. The summed E-state index contributed by atoms with van der Waals surface area (Å²) >= 11 is 0. The smallest absolute Gasteiger partial charge is 0.328 e. The second kappa shape index (κ2) is 5.05. The number of nitrogen functional groups attached to an aromatic ring is 1. The number of fused-ring (bicyclic) bond motifs is 2. The molecule has 7 nitrogen and oxygen atoms in total. The molecule has 1 aromatic carbocycles. The van der Waals surface area contributed by atoms with Crippen molar-refractivity contribution in [2.75, 3.05) is 5.73 Å². The molecule has 2 aromatic heterocycles. The van der Waals surface area contributed by atoms with Crippen LogP contribution >= 0.6 is 0 Å². The normalized spacial score (nSPS) is 20.3. The number of nitrogens with zero attached hydrogens (tertiary/aromatic N) is 4. The number of carbonyl (C=O) groups is 1. The van der Waals surface area contributed by atoms with Crippen molar-refractivity contribution < 1.29 is 9.90 Å². The van der Waals surface area contributed by atoms with Crippen LogP contribution in [0.2, 0.25) is 0 Å². The molecule has 3 aromatic rings. The van der Waals surface area contributed by atoms with Crippen LogP contribution in [0.15, 0.2) is 36.4 Å². The van der Waals surface area contributed by atoms with Crippen molar-refractivity contribution in [2.24, 2.45) is 0 Å². The number of benzene rings is 1. The van der Waals surface area contributed by atoms with E-state index in [4.69, 9.17) is 10.7 Å². The maximum Gasteiger partial charge on any atom is 0.328 e. The van der Waals surface area contributed by atoms with Gasteiger partial charge in [0.15, 0.2) is 6.04 Å². The third-order valence-corrected chi connectivity index (χ3v) is 4.27. The highest BCUT2D eigenvalue weighted by molar-refractivity contribution is 5.78. The average Bonchev–Trinajstić information content (AvgIpc) is 2.94. The first-order valence-corrected chi connectivity index (χ1v) is 7.44. The lowest BCUT2D eigenvalue weighted by molar-refractivity contribution is -0.141. The van der Waals surface area contributed by atoms with Gasteiger partial charge >= 0.3 is 5.97 Å². The van der Waals surface area contributed by atoms with Crippen molar-refractivity contribution in [3.05, 3.63) is 47.9 Å². The summed E-state index contributed by atoms with van der Waals surface area (Å²) in [6.07, 6.45) is 1.13. The SMILES string of the molecule is Nc1nc2n(n1)C(C(=O)O)CCC2c1ccc2ccccc2n1. The van der Waals surface area contributed by atoms with E-state index in [0.29, 0.717) is 18.7 Å². The molecule has 0 bridgehead atoms. The van der Waals surface area contributed by atoms with E-state index in [0.717, 1.165) is 16.6 Å². The second-order valence-corrected chi connectivity index (χ2v) is 5.69. The molecule has 2 unspecified atom stereocenters. The minimum Gasteiger partial charge on any atom is -0.480 e. The van der Waals surface area contributed by atoms with Crippen molar-refractivity contribution in [1.82, 2.24) is 19.7 Å². The predicted octanol–water partition coefficient (Wildman–Crippen LogP) is 1.96. The Kier molecular flexibility index (Phi) is 3.00. The molecular weight excluding hydrogens is 294 g/mol. The largest absolute Gasteiger partial charge is 0.480 e. The molecule has 3 N–H and O–H groups in total. The predicted molar refractivity (Wildman–Crippen MR) is 83.9 cm³/mol. The molecule has 4 rings (SSSR count). The Bertz CT molecular complexity index is 904. The van der Waals surface area contributed by atoms with Gasteiger partial charge in [-0.05, 0) is 25.0 Å². The van der Waals surface area contributed by atoms with Crippen LogP contribution in [0.4, 0.5) is 5.95 Å². The van der Waals surface area contributed by atoms with Gasteiger partial charge in [0, 0.05) is 5.39 Å². The van der Waals surface area contributed by atoms with E-state index in [1.165, 1.54) is 4.68 Å². The maximum atomic E-state index is 11.4. The molecule has 0 radical (unpaired) electrons. The van der Waals surface area contributed by atoms with E-state index in [9.17, 15) is 9.90 Å². The van der Waals surface area contributed by atoms with Crippen LogP contribution in [0.25, 0.3) is 10.9 Å². The molecule has 7 heteroatoms. The van der Waals surface area contributed by atoms with Gasteiger partial charge in [-0.3, -0.25) is 4.98 Å². The van der Waals surface area contributed by atoms with Crippen LogP contribution in [0.5, 0.6) is 0 Å². The first-order valence-electron chi connectivity index (χ1n) is 7.44. The molecule has 0 saturated heterocycles. The molecular formula is C16H15N5O2. The van der Waals surface area contributed by atoms with Gasteiger partial charge in [-0.1, -0.05) is 24.3 Å². The summed E-state index contributed by atoms with van der Waals surface area (Å²) in [4.78, 5) is 20.4. The molecule has 0 amide bonds. The lowest BCUT2D eigenvalue weighted by Gasteiger charge is -2.26. The summed E-state index contributed by atoms with van der Waals surface area (Å²) in [7, 11) is 0. The van der Waals surface area contributed by atoms with E-state index < -0.39 is 12.0 Å². The highest BCUT2D eigenvalue weighted by atomic mass is 16.4. The summed E-state index contributed by atoms with van der Waals surface area (Å²) in [5.41, 5.74) is 7.46. The van der Waals surface area contributed by atoms with Crippen molar-refractivity contribution in [1.29, 1.82) is 0 Å². The molecule has 0 aliphatic carbocycles. The number of aliphatic carboxylic acids is 1. The van der Waals surface area contributed by atoms with E-state index in [1.54, 1.807) is 0 Å². The van der Waals surface area contributed by atoms with Crippen LogP contribution < -0.4 is 5.73 Å². The van der Waals surface area contributed by atoms with Gasteiger partial charge in [0.1, 0.15) is 5.82 Å². The van der Waals surface area contributed by atoms with Gasteiger partial charge in [-0.2, -0.15) is 4.98 Å². The summed E-state index contributed by atoms with van der Waals surface area (Å²) in [6.45, 7) is 0. The molecule has 1 aliphatic heterocycles. The molecule has 0 fully saturated rings. The van der Waals surface area contributed by atoms with E-state index in [2.05, 4.69) is 10.1 Å². The Labute approximate surface area is 131 Å². The number of nitrogens with two attached hydrogens (primary N) is 1. The summed E-state index contributed by atoms with van der Waals surface area (Å²) < 4.78 is 1.43. The fourth-order valence-corrected chi connectivity index (χ4v) is 3.18. The summed E-state index contributed by atoms with van der Waals surface area (Å²) in [5.74, 6) is -0.344. The van der Waals surface area contributed by atoms with E-state index in [-0.39, 0.29) is 11.9 Å². The Balaban J connectivity index is 1.81. The topological polar surface area (TPSA) is 107 Å². The Morgan fingerprint density at radius 1 is 1.17 bits per heavy atom. The van der Waals surface area contributed by atoms with Crippen LogP contribution in [-0.2, 0) is 4.79 Å². The number of carboxylic acids is 1. The Morgan fingerprint density at radius 2 is 2.00 bits per heavy atom. The molecule has 1 aliphatic rings. The molecule has 2 atom stereocenters. The van der Waals surface area contributed by atoms with Gasteiger partial charge in [0.2, 0.25) is 5.95 Å². The number of carboxylic acid groups (broad SMARTS) is 1. The quantitative estimate of drug-likeness (QED) is 0.749. The number of para-hydroxylation sites is 1. The third kappa shape index (κ3) is 2.21. The van der Waals surface area contributed by atoms with Crippen LogP contribution in [0, 0.1) is 0 Å². The van der Waals surface area contributed by atoms with Crippen molar-refractivity contribution >= 4 is 22.8 Å². The van der Waals surface area contributed by atoms with Gasteiger partial charge in [-0.15, -0.1) is 5.10 Å². The van der Waals surface area contributed by atoms with Gasteiger partial charge in [-0.25, -0.2) is 9.48 Å². The van der Waals surface area contributed by atoms with E-state index in [1.807, 2.05) is 36.4 Å². The number of rotatable bonds is 2. The third-order valence-electron chi connectivity index (χ3n) is 4.27. The van der Waals surface area contributed by atoms with Crippen LogP contribution in [0.3, 0.4) is 0 Å². The lowest BCUT2D eigenvalue weighted by atomic mass is 9.91. The second-order valence-electron chi connectivity index (χ2n) is 5.69. The number of aromatic nitrogens is 4. The minimum absolute atomic E-state index is 0.0962. The van der Waals surface area contributed by atoms with E-state index >= 15 is 0 Å². The first-order chi connectivity index (χ1) is 11.1. The molecule has 116 valence electrons. The maximum absolute atomic E-state index is 11.4.